The maximum absolute atomic E-state index is 9.34. The summed E-state index contributed by atoms with van der Waals surface area (Å²) >= 11 is 0. The molecule has 6 nitrogen and oxygen atoms in total. The molecule has 0 spiro atoms. The minimum atomic E-state index is -1.56. The Labute approximate surface area is 82.3 Å². The summed E-state index contributed by atoms with van der Waals surface area (Å²) in [7, 11) is 0. The Kier molecular flexibility index (Phi) is 4.73. The molecule has 0 aromatic rings. The van der Waals surface area contributed by atoms with E-state index in [-0.39, 0.29) is 13.2 Å². The number of ether oxygens (including phenoxy) is 4. The lowest BCUT2D eigenvalue weighted by atomic mass is 10.6. The first-order valence-corrected chi connectivity index (χ1v) is 4.57. The van der Waals surface area contributed by atoms with Crippen LogP contribution in [0.15, 0.2) is 0 Å². The molecule has 1 fully saturated rings. The molecule has 2 atom stereocenters. The highest BCUT2D eigenvalue weighted by molar-refractivity contribution is 4.75. The van der Waals surface area contributed by atoms with Gasteiger partial charge in [-0.05, 0) is 6.92 Å². The molecule has 1 rings (SSSR count). The molecule has 1 aliphatic rings. The lowest BCUT2D eigenvalue weighted by Crippen LogP contribution is -2.21. The minimum Gasteiger partial charge on any atom is -0.394 e. The zero-order valence-corrected chi connectivity index (χ0v) is 8.14. The summed E-state index contributed by atoms with van der Waals surface area (Å²) in [5.74, 6) is -1.56. The number of rotatable bonds is 8. The van der Waals surface area contributed by atoms with Crippen LogP contribution < -0.4 is 0 Å². The summed E-state index contributed by atoms with van der Waals surface area (Å²) < 4.78 is 19.6. The van der Waals surface area contributed by atoms with E-state index in [0.29, 0.717) is 19.8 Å². The smallest absolute Gasteiger partial charge is 0.337 e. The van der Waals surface area contributed by atoms with E-state index in [9.17, 15) is 5.11 Å². The van der Waals surface area contributed by atoms with Crippen LogP contribution in [-0.4, -0.2) is 55.5 Å². The Morgan fingerprint density at radius 2 is 2.14 bits per heavy atom. The van der Waals surface area contributed by atoms with Gasteiger partial charge in [-0.2, -0.15) is 0 Å². The van der Waals surface area contributed by atoms with Crippen molar-refractivity contribution in [3.05, 3.63) is 0 Å². The predicted octanol–water partition coefficient (Wildman–Crippen LogP) is -0.949. The molecular formula is C8H16O6. The normalized spacial score (nSPS) is 30.6. The van der Waals surface area contributed by atoms with E-state index in [0.717, 1.165) is 0 Å². The third-order valence-electron chi connectivity index (χ3n) is 1.60. The second-order valence-corrected chi connectivity index (χ2v) is 2.72. The van der Waals surface area contributed by atoms with Gasteiger partial charge in [-0.1, -0.05) is 0 Å². The molecule has 0 bridgehead atoms. The quantitative estimate of drug-likeness (QED) is 0.304. The first kappa shape index (κ1) is 11.8. The second kappa shape index (κ2) is 5.59. The molecule has 2 N–H and O–H groups in total. The minimum absolute atomic E-state index is 0.0111. The van der Waals surface area contributed by atoms with Crippen LogP contribution in [0.3, 0.4) is 0 Å². The Bertz CT molecular complexity index is 164. The number of epoxide rings is 1. The lowest BCUT2D eigenvalue weighted by molar-refractivity contribution is -0.195. The van der Waals surface area contributed by atoms with Gasteiger partial charge in [0.15, 0.2) is 0 Å². The molecule has 0 aromatic heterocycles. The highest BCUT2D eigenvalue weighted by Gasteiger charge is 2.59. The molecule has 0 radical (unpaired) electrons. The van der Waals surface area contributed by atoms with Crippen LogP contribution in [0, 0.1) is 0 Å². The molecule has 0 aromatic carbocycles. The van der Waals surface area contributed by atoms with Crippen molar-refractivity contribution in [1.82, 2.24) is 0 Å². The summed E-state index contributed by atoms with van der Waals surface area (Å²) in [6.07, 6.45) is -0.722. The van der Waals surface area contributed by atoms with Crippen LogP contribution in [-0.2, 0) is 18.9 Å². The second-order valence-electron chi connectivity index (χ2n) is 2.72. The van der Waals surface area contributed by atoms with Gasteiger partial charge in [0.25, 0.3) is 0 Å². The van der Waals surface area contributed by atoms with Crippen molar-refractivity contribution in [3.8, 4) is 0 Å². The van der Waals surface area contributed by atoms with Gasteiger partial charge in [-0.25, -0.2) is 0 Å². The fraction of sp³-hybridized carbons (Fsp3) is 1.00. The standard InChI is InChI=1S/C8H16O6/c1-2-13-8(10)7(14-8)12-6-5-11-4-3-9/h7,9-10H,2-6H2,1H3. The van der Waals surface area contributed by atoms with E-state index < -0.39 is 12.3 Å². The monoisotopic (exact) mass is 208 g/mol. The first-order valence-electron chi connectivity index (χ1n) is 4.57. The van der Waals surface area contributed by atoms with Gasteiger partial charge >= 0.3 is 5.97 Å². The third kappa shape index (κ3) is 3.49. The Morgan fingerprint density at radius 1 is 1.36 bits per heavy atom. The van der Waals surface area contributed by atoms with Crippen molar-refractivity contribution < 1.29 is 29.2 Å². The van der Waals surface area contributed by atoms with Gasteiger partial charge in [0.2, 0.25) is 6.29 Å². The highest BCUT2D eigenvalue weighted by atomic mass is 17.0. The van der Waals surface area contributed by atoms with Crippen LogP contribution in [0.2, 0.25) is 0 Å². The fourth-order valence-electron chi connectivity index (χ4n) is 0.948. The van der Waals surface area contributed by atoms with Gasteiger partial charge in [0.05, 0.1) is 26.4 Å². The van der Waals surface area contributed by atoms with Crippen molar-refractivity contribution in [2.45, 2.75) is 19.2 Å². The van der Waals surface area contributed by atoms with E-state index in [1.54, 1.807) is 6.92 Å². The molecule has 2 unspecified atom stereocenters. The van der Waals surface area contributed by atoms with Crippen molar-refractivity contribution in [2.75, 3.05) is 33.0 Å². The van der Waals surface area contributed by atoms with E-state index in [1.165, 1.54) is 0 Å². The summed E-state index contributed by atoms with van der Waals surface area (Å²) in [6, 6.07) is 0. The van der Waals surface area contributed by atoms with Gasteiger partial charge < -0.3 is 24.4 Å². The van der Waals surface area contributed by atoms with Crippen molar-refractivity contribution in [2.24, 2.45) is 0 Å². The average molecular weight is 208 g/mol. The zero-order valence-electron chi connectivity index (χ0n) is 8.14. The summed E-state index contributed by atoms with van der Waals surface area (Å²) in [5.41, 5.74) is 0. The first-order chi connectivity index (χ1) is 6.73. The van der Waals surface area contributed by atoms with E-state index in [4.69, 9.17) is 24.1 Å². The Morgan fingerprint density at radius 3 is 2.79 bits per heavy atom. The van der Waals surface area contributed by atoms with Crippen molar-refractivity contribution in [1.29, 1.82) is 0 Å². The van der Waals surface area contributed by atoms with E-state index in [1.807, 2.05) is 0 Å². The van der Waals surface area contributed by atoms with Gasteiger partial charge in [0, 0.05) is 6.61 Å². The average Bonchev–Trinajstić information content (AvgIpc) is 2.77. The van der Waals surface area contributed by atoms with Crippen LogP contribution in [0.4, 0.5) is 0 Å². The van der Waals surface area contributed by atoms with Crippen molar-refractivity contribution >= 4 is 0 Å². The van der Waals surface area contributed by atoms with Crippen LogP contribution >= 0.6 is 0 Å². The maximum atomic E-state index is 9.34. The third-order valence-corrected chi connectivity index (χ3v) is 1.60. The van der Waals surface area contributed by atoms with Gasteiger partial charge in [-0.3, -0.25) is 4.74 Å². The molecule has 1 saturated heterocycles. The van der Waals surface area contributed by atoms with Gasteiger partial charge in [0.1, 0.15) is 0 Å². The molecule has 6 heteroatoms. The summed E-state index contributed by atoms with van der Waals surface area (Å²) in [5, 5.41) is 17.7. The largest absolute Gasteiger partial charge is 0.394 e. The highest BCUT2D eigenvalue weighted by Crippen LogP contribution is 2.35. The number of aliphatic hydroxyl groups excluding tert-OH is 1. The number of hydrogen-bond acceptors (Lipinski definition) is 6. The Hall–Kier alpha value is -0.240. The number of hydrogen-bond donors (Lipinski definition) is 2. The fourth-order valence-corrected chi connectivity index (χ4v) is 0.948. The summed E-state index contributed by atoms with van der Waals surface area (Å²) in [6.45, 7) is 3.02. The molecule has 0 amide bonds. The molecule has 0 saturated carbocycles. The van der Waals surface area contributed by atoms with Crippen molar-refractivity contribution in [3.63, 3.8) is 0 Å². The lowest BCUT2D eigenvalue weighted by Gasteiger charge is -2.05. The molecule has 1 aliphatic heterocycles. The molecule has 84 valence electrons. The molecule has 14 heavy (non-hydrogen) atoms. The number of aliphatic hydroxyl groups is 2. The maximum Gasteiger partial charge on any atom is 0.337 e. The van der Waals surface area contributed by atoms with Crippen LogP contribution in [0.25, 0.3) is 0 Å². The van der Waals surface area contributed by atoms with E-state index in [2.05, 4.69) is 0 Å². The summed E-state index contributed by atoms with van der Waals surface area (Å²) in [4.78, 5) is 0. The zero-order chi connectivity index (χ0) is 10.4. The van der Waals surface area contributed by atoms with Crippen LogP contribution in [0.5, 0.6) is 0 Å². The predicted molar refractivity (Wildman–Crippen MR) is 45.3 cm³/mol. The molecule has 1 heterocycles. The SMILES string of the molecule is CCOC1(O)OC1OCCOCCO. The molecular weight excluding hydrogens is 192 g/mol. The van der Waals surface area contributed by atoms with Gasteiger partial charge in [-0.15, -0.1) is 0 Å². The molecule has 0 aliphatic carbocycles. The van der Waals surface area contributed by atoms with Crippen LogP contribution in [0.1, 0.15) is 6.92 Å². The topological polar surface area (TPSA) is 80.7 Å². The Balaban J connectivity index is 1.94. The van der Waals surface area contributed by atoms with E-state index >= 15 is 0 Å².